The summed E-state index contributed by atoms with van der Waals surface area (Å²) in [5.74, 6) is -1.14. The van der Waals surface area contributed by atoms with Crippen molar-refractivity contribution in [2.75, 3.05) is 0 Å². The first kappa shape index (κ1) is 10.0. The molecule has 0 saturated carbocycles. The Morgan fingerprint density at radius 1 is 1.47 bits per heavy atom. The van der Waals surface area contributed by atoms with Crippen LogP contribution in [0.4, 0.5) is 0 Å². The van der Waals surface area contributed by atoms with E-state index in [1.54, 1.807) is 0 Å². The number of carboxylic acid groups (broad SMARTS) is 1. The molecule has 0 radical (unpaired) electrons. The van der Waals surface area contributed by atoms with Crippen molar-refractivity contribution in [3.8, 4) is 5.75 Å². The number of phenols is 1. The number of carbonyl (C=O) groups is 2. The molecule has 0 bridgehead atoms. The molecule has 0 aliphatic carbocycles. The van der Waals surface area contributed by atoms with Crippen LogP contribution in [0.15, 0.2) is 23.1 Å². The number of aromatic hydroxyl groups is 1. The zero-order valence-electron chi connectivity index (χ0n) is 7.64. The summed E-state index contributed by atoms with van der Waals surface area (Å²) < 4.78 is 0. The van der Waals surface area contributed by atoms with Gasteiger partial charge in [0.15, 0.2) is 5.78 Å². The Hall–Kier alpha value is -1.49. The lowest BCUT2D eigenvalue weighted by Gasteiger charge is -2.19. The van der Waals surface area contributed by atoms with Gasteiger partial charge in [0.25, 0.3) is 0 Å². The van der Waals surface area contributed by atoms with Crippen molar-refractivity contribution in [2.24, 2.45) is 0 Å². The summed E-state index contributed by atoms with van der Waals surface area (Å²) in [6, 6.07) is 4.38. The molecule has 5 heteroatoms. The number of phenolic OH excluding ortho intramolecular Hbond substituents is 1. The van der Waals surface area contributed by atoms with Crippen LogP contribution in [0.3, 0.4) is 0 Å². The fraction of sp³-hybridized carbons (Fsp3) is 0.200. The van der Waals surface area contributed by atoms with E-state index in [0.717, 1.165) is 11.8 Å². The molecule has 2 rings (SSSR count). The second kappa shape index (κ2) is 3.58. The summed E-state index contributed by atoms with van der Waals surface area (Å²) in [6.07, 6.45) is 0.0117. The Morgan fingerprint density at radius 3 is 2.87 bits per heavy atom. The molecular weight excluding hydrogens is 216 g/mol. The molecule has 78 valence electrons. The van der Waals surface area contributed by atoms with Crippen molar-refractivity contribution in [1.82, 2.24) is 0 Å². The van der Waals surface area contributed by atoms with Crippen molar-refractivity contribution in [2.45, 2.75) is 16.6 Å². The van der Waals surface area contributed by atoms with Gasteiger partial charge in [0.1, 0.15) is 11.0 Å². The summed E-state index contributed by atoms with van der Waals surface area (Å²) in [7, 11) is 0. The number of rotatable bonds is 1. The number of Topliss-reactive ketones (excluding diaryl/α,β-unsaturated/α-hetero) is 1. The molecule has 1 aliphatic heterocycles. The van der Waals surface area contributed by atoms with Crippen LogP contribution in [-0.2, 0) is 4.79 Å². The molecule has 15 heavy (non-hydrogen) atoms. The van der Waals surface area contributed by atoms with Crippen molar-refractivity contribution < 1.29 is 19.8 Å². The highest BCUT2D eigenvalue weighted by Gasteiger charge is 2.30. The SMILES string of the molecule is O=C1CC(C(=O)O)Sc2cc(O)ccc21. The molecule has 1 atom stereocenters. The van der Waals surface area contributed by atoms with Crippen LogP contribution in [0.5, 0.6) is 5.75 Å². The number of benzene rings is 1. The molecule has 1 aliphatic rings. The van der Waals surface area contributed by atoms with Gasteiger partial charge in [0.05, 0.1) is 0 Å². The minimum absolute atomic E-state index is 0.0117. The number of aliphatic carboxylic acids is 1. The van der Waals surface area contributed by atoms with Gasteiger partial charge in [0, 0.05) is 16.9 Å². The lowest BCUT2D eigenvalue weighted by molar-refractivity contribution is -0.136. The summed E-state index contributed by atoms with van der Waals surface area (Å²) in [6.45, 7) is 0. The molecule has 1 unspecified atom stereocenters. The normalized spacial score (nSPS) is 19.7. The van der Waals surface area contributed by atoms with E-state index in [0.29, 0.717) is 10.5 Å². The van der Waals surface area contributed by atoms with Crippen LogP contribution in [-0.4, -0.2) is 27.2 Å². The highest BCUT2D eigenvalue weighted by atomic mass is 32.2. The first-order chi connectivity index (χ1) is 7.08. The van der Waals surface area contributed by atoms with Crippen LogP contribution in [0, 0.1) is 0 Å². The largest absolute Gasteiger partial charge is 0.508 e. The maximum Gasteiger partial charge on any atom is 0.317 e. The molecule has 0 amide bonds. The van der Waals surface area contributed by atoms with Gasteiger partial charge in [-0.3, -0.25) is 9.59 Å². The third kappa shape index (κ3) is 1.83. The Balaban J connectivity index is 2.41. The summed E-state index contributed by atoms with van der Waals surface area (Å²) in [5.41, 5.74) is 0.496. The Labute approximate surface area is 89.9 Å². The molecule has 1 aromatic carbocycles. The lowest BCUT2D eigenvalue weighted by Crippen LogP contribution is -2.24. The number of carboxylic acids is 1. The molecule has 0 aromatic heterocycles. The number of hydrogen-bond donors (Lipinski definition) is 2. The van der Waals surface area contributed by atoms with Gasteiger partial charge in [-0.05, 0) is 18.2 Å². The minimum atomic E-state index is -0.998. The van der Waals surface area contributed by atoms with E-state index in [-0.39, 0.29) is 18.0 Å². The molecular formula is C10H8O4S. The summed E-state index contributed by atoms with van der Waals surface area (Å²) in [5, 5.41) is 17.3. The van der Waals surface area contributed by atoms with Crippen molar-refractivity contribution in [3.63, 3.8) is 0 Å². The monoisotopic (exact) mass is 224 g/mol. The topological polar surface area (TPSA) is 74.6 Å². The minimum Gasteiger partial charge on any atom is -0.508 e. The average molecular weight is 224 g/mol. The van der Waals surface area contributed by atoms with Gasteiger partial charge in [-0.25, -0.2) is 0 Å². The first-order valence-corrected chi connectivity index (χ1v) is 5.21. The summed E-state index contributed by atoms with van der Waals surface area (Å²) >= 11 is 1.10. The number of ketones is 1. The second-order valence-electron chi connectivity index (χ2n) is 3.25. The Morgan fingerprint density at radius 2 is 2.20 bits per heavy atom. The van der Waals surface area contributed by atoms with E-state index >= 15 is 0 Å². The van der Waals surface area contributed by atoms with Gasteiger partial charge in [0.2, 0.25) is 0 Å². The zero-order chi connectivity index (χ0) is 11.0. The summed E-state index contributed by atoms with van der Waals surface area (Å²) in [4.78, 5) is 22.9. The van der Waals surface area contributed by atoms with E-state index in [1.165, 1.54) is 18.2 Å². The molecule has 1 heterocycles. The quantitative estimate of drug-likeness (QED) is 0.756. The highest BCUT2D eigenvalue weighted by molar-refractivity contribution is 8.00. The van der Waals surface area contributed by atoms with Crippen LogP contribution in [0.1, 0.15) is 16.8 Å². The lowest BCUT2D eigenvalue weighted by atomic mass is 10.1. The predicted molar refractivity (Wildman–Crippen MR) is 54.3 cm³/mol. The first-order valence-electron chi connectivity index (χ1n) is 4.33. The van der Waals surface area contributed by atoms with Gasteiger partial charge in [-0.1, -0.05) is 0 Å². The number of hydrogen-bond acceptors (Lipinski definition) is 4. The highest BCUT2D eigenvalue weighted by Crippen LogP contribution is 2.37. The van der Waals surface area contributed by atoms with Crippen LogP contribution in [0.2, 0.25) is 0 Å². The fourth-order valence-electron chi connectivity index (χ4n) is 1.45. The van der Waals surface area contributed by atoms with Gasteiger partial charge >= 0.3 is 5.97 Å². The van der Waals surface area contributed by atoms with Crippen molar-refractivity contribution in [1.29, 1.82) is 0 Å². The van der Waals surface area contributed by atoms with Crippen molar-refractivity contribution in [3.05, 3.63) is 23.8 Å². The van der Waals surface area contributed by atoms with E-state index in [4.69, 9.17) is 5.11 Å². The molecule has 2 N–H and O–H groups in total. The third-order valence-corrected chi connectivity index (χ3v) is 3.43. The van der Waals surface area contributed by atoms with Crippen LogP contribution >= 0.6 is 11.8 Å². The molecule has 1 aromatic rings. The number of fused-ring (bicyclic) bond motifs is 1. The maximum atomic E-state index is 11.6. The smallest absolute Gasteiger partial charge is 0.317 e. The molecule has 4 nitrogen and oxygen atoms in total. The van der Waals surface area contributed by atoms with Gasteiger partial charge in [-0.2, -0.15) is 0 Å². The van der Waals surface area contributed by atoms with Gasteiger partial charge < -0.3 is 10.2 Å². The molecule has 0 fully saturated rings. The predicted octanol–water partition coefficient (Wildman–Crippen LogP) is 1.52. The van der Waals surface area contributed by atoms with E-state index in [9.17, 15) is 14.7 Å². The third-order valence-electron chi connectivity index (χ3n) is 2.18. The second-order valence-corrected chi connectivity index (χ2v) is 4.50. The van der Waals surface area contributed by atoms with Crippen LogP contribution < -0.4 is 0 Å². The number of carbonyl (C=O) groups excluding carboxylic acids is 1. The zero-order valence-corrected chi connectivity index (χ0v) is 8.45. The fourth-order valence-corrected chi connectivity index (χ4v) is 2.59. The Kier molecular flexibility index (Phi) is 2.40. The van der Waals surface area contributed by atoms with Crippen molar-refractivity contribution >= 4 is 23.5 Å². The standard InChI is InChI=1S/C10H8O4S/c11-5-1-2-6-7(12)4-9(10(13)14)15-8(6)3-5/h1-3,9,11H,4H2,(H,13,14). The van der Waals surface area contributed by atoms with E-state index < -0.39 is 11.2 Å². The maximum absolute atomic E-state index is 11.6. The van der Waals surface area contributed by atoms with E-state index in [2.05, 4.69) is 0 Å². The average Bonchev–Trinajstić information content (AvgIpc) is 2.16. The number of thioether (sulfide) groups is 1. The van der Waals surface area contributed by atoms with Crippen LogP contribution in [0.25, 0.3) is 0 Å². The van der Waals surface area contributed by atoms with E-state index in [1.807, 2.05) is 0 Å². The Bertz CT molecular complexity index is 441. The molecule has 0 spiro atoms. The molecule has 0 saturated heterocycles. The van der Waals surface area contributed by atoms with Gasteiger partial charge in [-0.15, -0.1) is 11.8 Å².